The molecule has 1 N–H and O–H groups in total. The minimum atomic E-state index is -2.84. The highest BCUT2D eigenvalue weighted by molar-refractivity contribution is 7.91. The average molecular weight is 245 g/mol. The van der Waals surface area contributed by atoms with Crippen LogP contribution in [0.5, 0.6) is 0 Å². The molecule has 1 heterocycles. The van der Waals surface area contributed by atoms with Crippen molar-refractivity contribution in [2.24, 2.45) is 5.92 Å². The van der Waals surface area contributed by atoms with Crippen LogP contribution in [-0.4, -0.2) is 32.4 Å². The van der Waals surface area contributed by atoms with Crippen molar-refractivity contribution < 1.29 is 13.2 Å². The van der Waals surface area contributed by atoms with Crippen LogP contribution in [0.4, 0.5) is 0 Å². The highest BCUT2D eigenvalue weighted by atomic mass is 32.2. The molecule has 0 aromatic rings. The van der Waals surface area contributed by atoms with Crippen LogP contribution in [0.15, 0.2) is 11.6 Å². The molecule has 0 aromatic heterocycles. The highest BCUT2D eigenvalue weighted by Gasteiger charge is 2.27. The Morgan fingerprint density at radius 3 is 2.69 bits per heavy atom. The molecule has 0 saturated carbocycles. The van der Waals surface area contributed by atoms with Gasteiger partial charge < -0.3 is 5.32 Å². The standard InChI is InChI=1S/C11H19NO3S/c1-3-4-9(2)11(13)12-7-10-5-6-16(14,15)8-10/h4,10H,3,5-8H2,1-2H3,(H,12,13)/b9-4+/t10-/m1/s1. The first-order valence-electron chi connectivity index (χ1n) is 5.60. The van der Waals surface area contributed by atoms with Crippen molar-refractivity contribution in [2.45, 2.75) is 26.7 Å². The molecule has 4 nitrogen and oxygen atoms in total. The van der Waals surface area contributed by atoms with Gasteiger partial charge >= 0.3 is 0 Å². The quantitative estimate of drug-likeness (QED) is 0.748. The fourth-order valence-electron chi connectivity index (χ4n) is 1.81. The van der Waals surface area contributed by atoms with Gasteiger partial charge in [0.1, 0.15) is 0 Å². The Balaban J connectivity index is 2.36. The molecule has 0 radical (unpaired) electrons. The Kier molecular flexibility index (Phi) is 4.53. The number of allylic oxidation sites excluding steroid dienone is 1. The zero-order valence-corrected chi connectivity index (χ0v) is 10.6. The number of carbonyl (C=O) groups is 1. The number of hydrogen-bond donors (Lipinski definition) is 1. The van der Waals surface area contributed by atoms with Gasteiger partial charge in [-0.1, -0.05) is 13.0 Å². The molecule has 0 bridgehead atoms. The fourth-order valence-corrected chi connectivity index (χ4v) is 3.67. The van der Waals surface area contributed by atoms with E-state index in [-0.39, 0.29) is 23.3 Å². The molecule has 1 aliphatic heterocycles. The molecule has 1 atom stereocenters. The molecule has 1 rings (SSSR count). The normalized spacial score (nSPS) is 24.4. The van der Waals surface area contributed by atoms with Gasteiger partial charge in [0.2, 0.25) is 5.91 Å². The van der Waals surface area contributed by atoms with Crippen LogP contribution in [0.25, 0.3) is 0 Å². The Morgan fingerprint density at radius 1 is 1.50 bits per heavy atom. The van der Waals surface area contributed by atoms with E-state index in [9.17, 15) is 13.2 Å². The zero-order chi connectivity index (χ0) is 12.2. The summed E-state index contributed by atoms with van der Waals surface area (Å²) in [7, 11) is -2.84. The van der Waals surface area contributed by atoms with Gasteiger partial charge in [0.15, 0.2) is 9.84 Å². The monoisotopic (exact) mass is 245 g/mol. The summed E-state index contributed by atoms with van der Waals surface area (Å²) in [6.07, 6.45) is 3.36. The van der Waals surface area contributed by atoms with E-state index in [1.54, 1.807) is 6.92 Å². The topological polar surface area (TPSA) is 63.2 Å². The number of carbonyl (C=O) groups excluding carboxylic acids is 1. The molecule has 0 unspecified atom stereocenters. The molecule has 1 saturated heterocycles. The van der Waals surface area contributed by atoms with Gasteiger partial charge in [0, 0.05) is 12.1 Å². The number of sulfone groups is 1. The SMILES string of the molecule is CC/C=C(\C)C(=O)NC[C@H]1CCS(=O)(=O)C1. The largest absolute Gasteiger partial charge is 0.352 e. The van der Waals surface area contributed by atoms with E-state index < -0.39 is 9.84 Å². The first-order chi connectivity index (χ1) is 7.44. The lowest BCUT2D eigenvalue weighted by Gasteiger charge is -2.09. The summed E-state index contributed by atoms with van der Waals surface area (Å²) in [5, 5.41) is 2.78. The van der Waals surface area contributed by atoms with Crippen LogP contribution < -0.4 is 5.32 Å². The highest BCUT2D eigenvalue weighted by Crippen LogP contribution is 2.17. The molecular weight excluding hydrogens is 226 g/mol. The first-order valence-corrected chi connectivity index (χ1v) is 7.42. The first kappa shape index (κ1) is 13.2. The van der Waals surface area contributed by atoms with E-state index >= 15 is 0 Å². The van der Waals surface area contributed by atoms with Crippen molar-refractivity contribution in [3.8, 4) is 0 Å². The molecule has 92 valence electrons. The molecular formula is C11H19NO3S. The van der Waals surface area contributed by atoms with Gasteiger partial charge in [-0.25, -0.2) is 8.42 Å². The number of hydrogen-bond acceptors (Lipinski definition) is 3. The van der Waals surface area contributed by atoms with E-state index in [0.29, 0.717) is 18.5 Å². The Bertz CT molecular complexity index is 384. The number of amides is 1. The van der Waals surface area contributed by atoms with Crippen LogP contribution in [-0.2, 0) is 14.6 Å². The molecule has 0 aromatic carbocycles. The Morgan fingerprint density at radius 2 is 2.19 bits per heavy atom. The van der Waals surface area contributed by atoms with Gasteiger partial charge in [-0.15, -0.1) is 0 Å². The van der Waals surface area contributed by atoms with E-state index in [0.717, 1.165) is 6.42 Å². The summed E-state index contributed by atoms with van der Waals surface area (Å²) in [6, 6.07) is 0. The van der Waals surface area contributed by atoms with Crippen molar-refractivity contribution in [3.05, 3.63) is 11.6 Å². The maximum absolute atomic E-state index is 11.5. The lowest BCUT2D eigenvalue weighted by atomic mass is 10.1. The lowest BCUT2D eigenvalue weighted by Crippen LogP contribution is -2.30. The van der Waals surface area contributed by atoms with Crippen molar-refractivity contribution in [2.75, 3.05) is 18.1 Å². The molecule has 0 aliphatic carbocycles. The summed E-state index contributed by atoms with van der Waals surface area (Å²) in [6.45, 7) is 4.21. The summed E-state index contributed by atoms with van der Waals surface area (Å²) in [4.78, 5) is 11.5. The van der Waals surface area contributed by atoms with Crippen LogP contribution in [0.1, 0.15) is 26.7 Å². The van der Waals surface area contributed by atoms with Crippen molar-refractivity contribution in [1.29, 1.82) is 0 Å². The van der Waals surface area contributed by atoms with Gasteiger partial charge in [0.25, 0.3) is 0 Å². The molecule has 5 heteroatoms. The fraction of sp³-hybridized carbons (Fsp3) is 0.727. The van der Waals surface area contributed by atoms with Crippen LogP contribution >= 0.6 is 0 Å². The molecule has 0 spiro atoms. The minimum absolute atomic E-state index is 0.0865. The van der Waals surface area contributed by atoms with Crippen molar-refractivity contribution in [1.82, 2.24) is 5.32 Å². The van der Waals surface area contributed by atoms with Gasteiger partial charge in [-0.3, -0.25) is 4.79 Å². The zero-order valence-electron chi connectivity index (χ0n) is 9.82. The number of nitrogens with one attached hydrogen (secondary N) is 1. The number of rotatable bonds is 4. The summed E-state index contributed by atoms with van der Waals surface area (Å²) < 4.78 is 22.4. The van der Waals surface area contributed by atoms with Crippen LogP contribution in [0, 0.1) is 5.92 Å². The summed E-state index contributed by atoms with van der Waals surface area (Å²) in [5.74, 6) is 0.468. The van der Waals surface area contributed by atoms with E-state index in [1.807, 2.05) is 13.0 Å². The molecule has 1 fully saturated rings. The lowest BCUT2D eigenvalue weighted by molar-refractivity contribution is -0.117. The van der Waals surface area contributed by atoms with Gasteiger partial charge in [-0.05, 0) is 25.7 Å². The Hall–Kier alpha value is -0.840. The smallest absolute Gasteiger partial charge is 0.246 e. The molecule has 16 heavy (non-hydrogen) atoms. The van der Waals surface area contributed by atoms with Crippen molar-refractivity contribution in [3.63, 3.8) is 0 Å². The summed E-state index contributed by atoms with van der Waals surface area (Å²) in [5.41, 5.74) is 0.698. The second-order valence-corrected chi connectivity index (χ2v) is 6.50. The van der Waals surface area contributed by atoms with Crippen LogP contribution in [0.3, 0.4) is 0 Å². The van der Waals surface area contributed by atoms with Crippen LogP contribution in [0.2, 0.25) is 0 Å². The predicted octanol–water partition coefficient (Wildman–Crippen LogP) is 0.894. The van der Waals surface area contributed by atoms with Gasteiger partial charge in [-0.2, -0.15) is 0 Å². The van der Waals surface area contributed by atoms with E-state index in [1.165, 1.54) is 0 Å². The third-order valence-corrected chi connectivity index (χ3v) is 4.58. The molecule has 1 aliphatic rings. The third-order valence-electron chi connectivity index (χ3n) is 2.75. The van der Waals surface area contributed by atoms with E-state index in [4.69, 9.17) is 0 Å². The molecule has 1 amide bonds. The summed E-state index contributed by atoms with van der Waals surface area (Å²) >= 11 is 0. The average Bonchev–Trinajstić information content (AvgIpc) is 2.55. The maximum atomic E-state index is 11.5. The maximum Gasteiger partial charge on any atom is 0.246 e. The second-order valence-electron chi connectivity index (χ2n) is 4.27. The van der Waals surface area contributed by atoms with Gasteiger partial charge in [0.05, 0.1) is 11.5 Å². The minimum Gasteiger partial charge on any atom is -0.352 e. The Labute approximate surface area is 97.0 Å². The third kappa shape index (κ3) is 3.96. The second kappa shape index (κ2) is 5.48. The van der Waals surface area contributed by atoms with Crippen molar-refractivity contribution >= 4 is 15.7 Å². The predicted molar refractivity (Wildman–Crippen MR) is 63.8 cm³/mol. The van der Waals surface area contributed by atoms with E-state index in [2.05, 4.69) is 5.32 Å².